The predicted octanol–water partition coefficient (Wildman–Crippen LogP) is 4.21. The van der Waals surface area contributed by atoms with Crippen molar-refractivity contribution in [3.63, 3.8) is 0 Å². The van der Waals surface area contributed by atoms with E-state index in [0.29, 0.717) is 47.4 Å². The number of carbonyl (C=O) groups excluding carboxylic acids is 1. The molecule has 1 amide bonds. The maximum atomic E-state index is 12.4. The summed E-state index contributed by atoms with van der Waals surface area (Å²) >= 11 is 0. The fourth-order valence-electron chi connectivity index (χ4n) is 4.05. The van der Waals surface area contributed by atoms with Crippen molar-refractivity contribution in [3.05, 3.63) is 90.5 Å². The Morgan fingerprint density at radius 2 is 1.66 bits per heavy atom. The standard InChI is InChI=1S/C29H27N5O4/c1-36-23-12-13-25(37-2)24(19-23)29-32-31-26-14-15-28(33-34(26)29)38-17-16-30-27(35)18-20-8-10-22(11-9-20)21-6-4-3-5-7-21/h3-15,19H,16-18H2,1-2H3,(H,30,35). The van der Waals surface area contributed by atoms with E-state index in [0.717, 1.165) is 16.7 Å². The molecule has 0 saturated heterocycles. The lowest BCUT2D eigenvalue weighted by Crippen LogP contribution is -2.29. The lowest BCUT2D eigenvalue weighted by Gasteiger charge is -2.10. The molecule has 0 bridgehead atoms. The highest BCUT2D eigenvalue weighted by Crippen LogP contribution is 2.32. The molecule has 0 unspecified atom stereocenters. The lowest BCUT2D eigenvalue weighted by molar-refractivity contribution is -0.120. The Labute approximate surface area is 220 Å². The summed E-state index contributed by atoms with van der Waals surface area (Å²) in [5, 5.41) is 15.9. The smallest absolute Gasteiger partial charge is 0.231 e. The van der Waals surface area contributed by atoms with Crippen LogP contribution in [0.5, 0.6) is 17.4 Å². The van der Waals surface area contributed by atoms with Gasteiger partial charge in [-0.2, -0.15) is 4.52 Å². The minimum absolute atomic E-state index is 0.0734. The summed E-state index contributed by atoms with van der Waals surface area (Å²) < 4.78 is 18.2. The van der Waals surface area contributed by atoms with E-state index in [2.05, 4.69) is 32.7 Å². The molecule has 9 heteroatoms. The monoisotopic (exact) mass is 509 g/mol. The summed E-state index contributed by atoms with van der Waals surface area (Å²) in [5.74, 6) is 2.08. The quantitative estimate of drug-likeness (QED) is 0.282. The van der Waals surface area contributed by atoms with Crippen LogP contribution >= 0.6 is 0 Å². The SMILES string of the molecule is COc1ccc(OC)c(-c2nnc3ccc(OCCNC(=O)Cc4ccc(-c5ccccc5)cc4)nn23)c1. The lowest BCUT2D eigenvalue weighted by atomic mass is 10.0. The highest BCUT2D eigenvalue weighted by Gasteiger charge is 2.16. The zero-order valence-corrected chi connectivity index (χ0v) is 21.1. The third kappa shape index (κ3) is 5.57. The zero-order valence-electron chi connectivity index (χ0n) is 21.1. The Hall–Kier alpha value is -4.92. The van der Waals surface area contributed by atoms with E-state index in [9.17, 15) is 4.79 Å². The second kappa shape index (κ2) is 11.4. The minimum Gasteiger partial charge on any atom is -0.497 e. The fourth-order valence-corrected chi connectivity index (χ4v) is 4.05. The van der Waals surface area contributed by atoms with Crippen LogP contribution in [-0.4, -0.2) is 53.1 Å². The molecule has 0 aliphatic rings. The Kier molecular flexibility index (Phi) is 7.44. The molecule has 3 aromatic carbocycles. The van der Waals surface area contributed by atoms with Crippen LogP contribution in [0.4, 0.5) is 0 Å². The molecule has 0 aliphatic heterocycles. The van der Waals surface area contributed by atoms with Gasteiger partial charge in [-0.05, 0) is 41.0 Å². The van der Waals surface area contributed by atoms with Crippen molar-refractivity contribution in [1.82, 2.24) is 25.1 Å². The summed E-state index contributed by atoms with van der Waals surface area (Å²) in [6, 6.07) is 27.1. The van der Waals surface area contributed by atoms with E-state index in [4.69, 9.17) is 14.2 Å². The van der Waals surface area contributed by atoms with Gasteiger partial charge in [0.25, 0.3) is 0 Å². The first kappa shape index (κ1) is 24.8. The van der Waals surface area contributed by atoms with Crippen molar-refractivity contribution in [3.8, 4) is 39.9 Å². The van der Waals surface area contributed by atoms with Gasteiger partial charge in [-0.25, -0.2) is 0 Å². The number of amides is 1. The Balaban J connectivity index is 1.17. The Morgan fingerprint density at radius 1 is 0.868 bits per heavy atom. The first-order valence-electron chi connectivity index (χ1n) is 12.1. The number of hydrogen-bond donors (Lipinski definition) is 1. The largest absolute Gasteiger partial charge is 0.497 e. The van der Waals surface area contributed by atoms with Crippen molar-refractivity contribution >= 4 is 11.6 Å². The van der Waals surface area contributed by atoms with Crippen molar-refractivity contribution in [2.45, 2.75) is 6.42 Å². The van der Waals surface area contributed by atoms with Gasteiger partial charge < -0.3 is 19.5 Å². The molecule has 0 radical (unpaired) electrons. The van der Waals surface area contributed by atoms with Gasteiger partial charge in [0.1, 0.15) is 18.1 Å². The summed E-state index contributed by atoms with van der Waals surface area (Å²) in [5.41, 5.74) is 4.46. The molecule has 0 fully saturated rings. The number of carbonyl (C=O) groups is 1. The number of benzene rings is 3. The van der Waals surface area contributed by atoms with Gasteiger partial charge in [0.15, 0.2) is 11.5 Å². The summed E-state index contributed by atoms with van der Waals surface area (Å²) in [6.07, 6.45) is 0.297. The highest BCUT2D eigenvalue weighted by atomic mass is 16.5. The number of fused-ring (bicyclic) bond motifs is 1. The normalized spacial score (nSPS) is 10.8. The molecular weight excluding hydrogens is 482 g/mol. The number of methoxy groups -OCH3 is 2. The van der Waals surface area contributed by atoms with E-state index >= 15 is 0 Å². The predicted molar refractivity (Wildman–Crippen MR) is 143 cm³/mol. The summed E-state index contributed by atoms with van der Waals surface area (Å²) in [7, 11) is 3.18. The van der Waals surface area contributed by atoms with E-state index in [1.54, 1.807) is 36.9 Å². The molecule has 38 heavy (non-hydrogen) atoms. The molecule has 2 heterocycles. The third-order valence-corrected chi connectivity index (χ3v) is 5.99. The van der Waals surface area contributed by atoms with Crippen LogP contribution in [0.3, 0.4) is 0 Å². The van der Waals surface area contributed by atoms with E-state index in [1.807, 2.05) is 54.6 Å². The molecule has 0 atom stereocenters. The maximum absolute atomic E-state index is 12.4. The molecule has 0 saturated carbocycles. The average Bonchev–Trinajstić information content (AvgIpc) is 3.39. The third-order valence-electron chi connectivity index (χ3n) is 5.99. The van der Waals surface area contributed by atoms with Crippen LogP contribution in [0.25, 0.3) is 28.2 Å². The fraction of sp³-hybridized carbons (Fsp3) is 0.172. The number of aromatic nitrogens is 4. The minimum atomic E-state index is -0.0734. The van der Waals surface area contributed by atoms with E-state index in [1.165, 1.54) is 0 Å². The second-order valence-electron chi connectivity index (χ2n) is 8.47. The maximum Gasteiger partial charge on any atom is 0.231 e. The first-order chi connectivity index (χ1) is 18.6. The molecule has 0 aliphatic carbocycles. The topological polar surface area (TPSA) is 99.9 Å². The van der Waals surface area contributed by atoms with Crippen molar-refractivity contribution in [2.75, 3.05) is 27.4 Å². The molecule has 192 valence electrons. The van der Waals surface area contributed by atoms with E-state index in [-0.39, 0.29) is 12.5 Å². The van der Waals surface area contributed by atoms with Gasteiger partial charge in [0.2, 0.25) is 11.8 Å². The van der Waals surface area contributed by atoms with Crippen LogP contribution in [0.15, 0.2) is 84.9 Å². The molecule has 2 aromatic heterocycles. The van der Waals surface area contributed by atoms with Crippen LogP contribution < -0.4 is 19.5 Å². The Bertz CT molecular complexity index is 1530. The molecule has 9 nitrogen and oxygen atoms in total. The number of ether oxygens (including phenoxy) is 3. The van der Waals surface area contributed by atoms with Gasteiger partial charge in [-0.3, -0.25) is 4.79 Å². The molecule has 1 N–H and O–H groups in total. The molecule has 5 rings (SSSR count). The van der Waals surface area contributed by atoms with Crippen LogP contribution in [0.2, 0.25) is 0 Å². The van der Waals surface area contributed by atoms with Gasteiger partial charge >= 0.3 is 0 Å². The van der Waals surface area contributed by atoms with Gasteiger partial charge in [-0.1, -0.05) is 54.6 Å². The van der Waals surface area contributed by atoms with Gasteiger partial charge in [-0.15, -0.1) is 15.3 Å². The Morgan fingerprint density at radius 3 is 2.42 bits per heavy atom. The zero-order chi connectivity index (χ0) is 26.3. The van der Waals surface area contributed by atoms with Crippen LogP contribution in [-0.2, 0) is 11.2 Å². The number of nitrogens with one attached hydrogen (secondary N) is 1. The highest BCUT2D eigenvalue weighted by molar-refractivity contribution is 5.78. The number of rotatable bonds is 10. The van der Waals surface area contributed by atoms with E-state index < -0.39 is 0 Å². The molecule has 0 spiro atoms. The van der Waals surface area contributed by atoms with Crippen LogP contribution in [0, 0.1) is 0 Å². The molecular formula is C29H27N5O4. The number of hydrogen-bond acceptors (Lipinski definition) is 7. The first-order valence-corrected chi connectivity index (χ1v) is 12.1. The summed E-state index contributed by atoms with van der Waals surface area (Å²) in [6.45, 7) is 0.608. The summed E-state index contributed by atoms with van der Waals surface area (Å²) in [4.78, 5) is 12.4. The van der Waals surface area contributed by atoms with Crippen molar-refractivity contribution < 1.29 is 19.0 Å². The van der Waals surface area contributed by atoms with Crippen LogP contribution in [0.1, 0.15) is 5.56 Å². The number of nitrogens with zero attached hydrogens (tertiary/aromatic N) is 4. The van der Waals surface area contributed by atoms with Gasteiger partial charge in [0, 0.05) is 6.07 Å². The van der Waals surface area contributed by atoms with Crippen molar-refractivity contribution in [2.24, 2.45) is 0 Å². The van der Waals surface area contributed by atoms with Gasteiger partial charge in [0.05, 0.1) is 32.7 Å². The second-order valence-corrected chi connectivity index (χ2v) is 8.47. The molecule has 5 aromatic rings. The van der Waals surface area contributed by atoms with Crippen molar-refractivity contribution in [1.29, 1.82) is 0 Å². The average molecular weight is 510 g/mol.